The average Bonchev–Trinajstić information content (AvgIpc) is 3.81. The van der Waals surface area contributed by atoms with Crippen molar-refractivity contribution >= 4 is 47.3 Å². The number of nitrogens with zero attached hydrogens (tertiary/aromatic N) is 3. The molecule has 1 heterocycles. The van der Waals surface area contributed by atoms with Crippen LogP contribution in [-0.4, -0.2) is 163 Å². The van der Waals surface area contributed by atoms with Crippen LogP contribution in [0.1, 0.15) is 124 Å². The highest BCUT2D eigenvalue weighted by atomic mass is 16.3. The van der Waals surface area contributed by atoms with E-state index < -0.39 is 78.2 Å². The molecular weight excluding hydrogens is 951 g/mol. The Labute approximate surface area is 438 Å². The van der Waals surface area contributed by atoms with Gasteiger partial charge < -0.3 is 63.3 Å². The fourth-order valence-electron chi connectivity index (χ4n) is 9.02. The highest BCUT2D eigenvalue weighted by Crippen LogP contribution is 2.27. The molecule has 22 nitrogen and oxygen atoms in total. The second-order valence-corrected chi connectivity index (χ2v) is 20.3. The minimum Gasteiger partial charge on any atom is -0.394 e. The number of hydrogen-bond acceptors (Lipinski definition) is 14. The van der Waals surface area contributed by atoms with E-state index in [0.29, 0.717) is 31.1 Å². The van der Waals surface area contributed by atoms with Gasteiger partial charge in [-0.15, -0.1) is 5.53 Å². The first-order chi connectivity index (χ1) is 35.3. The molecule has 1 fully saturated rings. The fraction of sp³-hybridized carbons (Fsp3) is 0.692. The molecule has 0 radical (unpaired) electrons. The summed E-state index contributed by atoms with van der Waals surface area (Å²) < 4.78 is 0. The molecule has 0 aromatic heterocycles. The Bertz CT molecular complexity index is 1970. The van der Waals surface area contributed by atoms with Gasteiger partial charge in [0.25, 0.3) is 0 Å². The van der Waals surface area contributed by atoms with E-state index >= 15 is 0 Å². The van der Waals surface area contributed by atoms with Crippen LogP contribution in [0.15, 0.2) is 42.2 Å². The SMILES string of the molecule is CCN(CCCC[C@H](NC(=O)[C@H](CC1CCCCC1)NC(=O)[C@H](C)NC(=O)[C@H](Cc1ccccc1)NC(=O)CC(C)C)C(=O)NC(CO)C(=O)NCCC(=O)N(CC(N)=O)CC1=CN(CCCNC)NN1)C(C)C. The number of aliphatic hydroxyl groups excluding tert-OH is 1. The zero-order valence-electron chi connectivity index (χ0n) is 45.1. The van der Waals surface area contributed by atoms with Crippen LogP contribution in [0.4, 0.5) is 0 Å². The summed E-state index contributed by atoms with van der Waals surface area (Å²) in [5, 5.41) is 31.7. The van der Waals surface area contributed by atoms with Crippen molar-refractivity contribution in [2.75, 3.05) is 59.5 Å². The second kappa shape index (κ2) is 33.9. The highest BCUT2D eigenvalue weighted by molar-refractivity contribution is 5.96. The molecule has 1 aliphatic heterocycles. The Kier molecular flexibility index (Phi) is 28.6. The standard InChI is InChI=1S/C52H89N13O9/c1-8-63(36(4)5)26-16-15-22-41(50(72)60-44(34-66)49(71)55-25-23-47(69)64(33-45(53)67)31-40-32-65(62-61-40)27-17-24-54-7)58-52(74)43(30-39-20-13-10-14-21-39)59-48(70)37(6)56-51(73)42(57-46(68)28-35(2)3)29-38-18-11-9-12-19-38/h9,11-12,18-19,32,35-37,39,41-44,54,61-62,66H,8,10,13-17,20-31,33-34H2,1-7H3,(H2,53,67)(H,55,71)(H,56,73)(H,57,68)(H,58,74)(H,59,70)(H,60,72)/t37-,41-,42-,43-,44?/m0/s1. The quantitative estimate of drug-likeness (QED) is 0.0405. The molecule has 416 valence electrons. The number of primary amides is 1. The van der Waals surface area contributed by atoms with Gasteiger partial charge in [-0.25, -0.2) is 0 Å². The van der Waals surface area contributed by atoms with Crippen molar-refractivity contribution in [3.05, 3.63) is 47.8 Å². The van der Waals surface area contributed by atoms with Gasteiger partial charge in [0.15, 0.2) is 0 Å². The molecule has 74 heavy (non-hydrogen) atoms. The third-order valence-corrected chi connectivity index (χ3v) is 13.2. The number of hydrogen-bond donors (Lipinski definition) is 11. The smallest absolute Gasteiger partial charge is 0.244 e. The summed E-state index contributed by atoms with van der Waals surface area (Å²) in [5.74, 6) is -4.65. The monoisotopic (exact) mass is 1040 g/mol. The molecule has 3 rings (SSSR count). The lowest BCUT2D eigenvalue weighted by Crippen LogP contribution is -2.59. The number of hydrazine groups is 2. The third-order valence-electron chi connectivity index (χ3n) is 13.2. The van der Waals surface area contributed by atoms with Gasteiger partial charge in [0.05, 0.1) is 25.4 Å². The van der Waals surface area contributed by atoms with Crippen molar-refractivity contribution in [1.29, 1.82) is 0 Å². The normalized spacial score (nSPS) is 15.8. The summed E-state index contributed by atoms with van der Waals surface area (Å²) in [6, 6.07) is 3.70. The van der Waals surface area contributed by atoms with Gasteiger partial charge in [-0.3, -0.25) is 43.4 Å². The first kappa shape index (κ1) is 62.5. The molecule has 5 atom stereocenters. The van der Waals surface area contributed by atoms with Crippen LogP contribution >= 0.6 is 0 Å². The van der Waals surface area contributed by atoms with Gasteiger partial charge in [-0.2, -0.15) is 0 Å². The predicted molar refractivity (Wildman–Crippen MR) is 282 cm³/mol. The summed E-state index contributed by atoms with van der Waals surface area (Å²) in [7, 11) is 1.86. The van der Waals surface area contributed by atoms with Crippen molar-refractivity contribution in [2.24, 2.45) is 17.6 Å². The van der Waals surface area contributed by atoms with Crippen molar-refractivity contribution in [3.63, 3.8) is 0 Å². The summed E-state index contributed by atoms with van der Waals surface area (Å²) in [6.45, 7) is 13.3. The number of carbonyl (C=O) groups is 8. The number of carbonyl (C=O) groups excluding carboxylic acids is 8. The molecule has 22 heteroatoms. The van der Waals surface area contributed by atoms with Crippen molar-refractivity contribution in [1.82, 2.24) is 63.0 Å². The Balaban J connectivity index is 1.75. The van der Waals surface area contributed by atoms with Crippen LogP contribution in [0.25, 0.3) is 0 Å². The summed E-state index contributed by atoms with van der Waals surface area (Å²) in [4.78, 5) is 111. The van der Waals surface area contributed by atoms with Crippen molar-refractivity contribution in [3.8, 4) is 0 Å². The van der Waals surface area contributed by atoms with Crippen LogP contribution in [0.5, 0.6) is 0 Å². The average molecular weight is 1040 g/mol. The van der Waals surface area contributed by atoms with Crippen LogP contribution < -0.4 is 53.9 Å². The number of aliphatic hydroxyl groups is 1. The van der Waals surface area contributed by atoms with E-state index in [1.165, 1.54) is 11.8 Å². The van der Waals surface area contributed by atoms with Gasteiger partial charge in [0.2, 0.25) is 47.3 Å². The maximum absolute atomic E-state index is 14.4. The fourth-order valence-corrected chi connectivity index (χ4v) is 9.02. The summed E-state index contributed by atoms with van der Waals surface area (Å²) >= 11 is 0. The molecule has 12 N–H and O–H groups in total. The third kappa shape index (κ3) is 23.6. The zero-order valence-corrected chi connectivity index (χ0v) is 45.1. The van der Waals surface area contributed by atoms with E-state index in [-0.39, 0.29) is 69.5 Å². The molecule has 0 saturated heterocycles. The first-order valence-corrected chi connectivity index (χ1v) is 26.7. The lowest BCUT2D eigenvalue weighted by molar-refractivity contribution is -0.136. The number of benzene rings is 1. The first-order valence-electron chi connectivity index (χ1n) is 26.7. The minimum atomic E-state index is -1.45. The highest BCUT2D eigenvalue weighted by Gasteiger charge is 2.33. The predicted octanol–water partition coefficient (Wildman–Crippen LogP) is 0.178. The number of rotatable bonds is 35. The van der Waals surface area contributed by atoms with Gasteiger partial charge in [0.1, 0.15) is 30.2 Å². The van der Waals surface area contributed by atoms with Gasteiger partial charge in [0, 0.05) is 44.6 Å². The lowest BCUT2D eigenvalue weighted by atomic mass is 9.84. The molecule has 1 aromatic carbocycles. The van der Waals surface area contributed by atoms with E-state index in [4.69, 9.17) is 5.73 Å². The van der Waals surface area contributed by atoms with E-state index in [9.17, 15) is 43.5 Å². The maximum atomic E-state index is 14.4. The topological polar surface area (TPSA) is 301 Å². The molecule has 2 aliphatic rings. The van der Waals surface area contributed by atoms with Gasteiger partial charge >= 0.3 is 0 Å². The zero-order chi connectivity index (χ0) is 54.6. The number of amides is 8. The Morgan fingerprint density at radius 1 is 0.784 bits per heavy atom. The van der Waals surface area contributed by atoms with Crippen molar-refractivity contribution < 1.29 is 43.5 Å². The van der Waals surface area contributed by atoms with E-state index in [2.05, 4.69) is 73.8 Å². The molecule has 1 saturated carbocycles. The Morgan fingerprint density at radius 2 is 1.45 bits per heavy atom. The second-order valence-electron chi connectivity index (χ2n) is 20.3. The largest absolute Gasteiger partial charge is 0.394 e. The summed E-state index contributed by atoms with van der Waals surface area (Å²) in [6.07, 6.45) is 9.17. The molecule has 1 aliphatic carbocycles. The summed E-state index contributed by atoms with van der Waals surface area (Å²) in [5.41, 5.74) is 12.9. The maximum Gasteiger partial charge on any atom is 0.244 e. The van der Waals surface area contributed by atoms with Crippen LogP contribution in [-0.2, 0) is 44.8 Å². The Morgan fingerprint density at radius 3 is 2.08 bits per heavy atom. The number of nitrogens with one attached hydrogen (secondary N) is 9. The lowest BCUT2D eigenvalue weighted by Gasteiger charge is -2.30. The van der Waals surface area contributed by atoms with Crippen LogP contribution in [0.2, 0.25) is 0 Å². The van der Waals surface area contributed by atoms with Crippen LogP contribution in [0.3, 0.4) is 0 Å². The molecule has 0 spiro atoms. The molecular formula is C52H89N13O9. The molecule has 1 aromatic rings. The van der Waals surface area contributed by atoms with E-state index in [1.54, 1.807) is 6.20 Å². The van der Waals surface area contributed by atoms with E-state index in [0.717, 1.165) is 63.7 Å². The van der Waals surface area contributed by atoms with Gasteiger partial charge in [-0.1, -0.05) is 83.2 Å². The number of nitrogens with two attached hydrogens (primary N) is 1. The minimum absolute atomic E-state index is 0.0393. The van der Waals surface area contributed by atoms with E-state index in [1.807, 2.05) is 56.2 Å². The van der Waals surface area contributed by atoms with Crippen molar-refractivity contribution in [2.45, 2.75) is 161 Å². The molecule has 0 bridgehead atoms. The Hall–Kier alpha value is -5.84. The molecule has 1 unspecified atom stereocenters. The van der Waals surface area contributed by atoms with Crippen LogP contribution in [0, 0.1) is 11.8 Å². The molecule has 8 amide bonds. The van der Waals surface area contributed by atoms with Gasteiger partial charge in [-0.05, 0) is 97.0 Å². The number of unbranched alkanes of at least 4 members (excludes halogenated alkanes) is 1.